The summed E-state index contributed by atoms with van der Waals surface area (Å²) in [5.74, 6) is 0.570. The van der Waals surface area contributed by atoms with Crippen LogP contribution in [0, 0.1) is 11.3 Å². The zero-order valence-electron chi connectivity index (χ0n) is 10.8. The summed E-state index contributed by atoms with van der Waals surface area (Å²) in [7, 11) is 1.54. The lowest BCUT2D eigenvalue weighted by Gasteiger charge is -2.10. The molecule has 0 aliphatic carbocycles. The maximum absolute atomic E-state index is 9.05. The van der Waals surface area contributed by atoms with Crippen LogP contribution in [0.15, 0.2) is 36.4 Å². The molecule has 102 valence electrons. The van der Waals surface area contributed by atoms with Crippen LogP contribution in [0.1, 0.15) is 11.1 Å². The van der Waals surface area contributed by atoms with Gasteiger partial charge in [-0.25, -0.2) is 0 Å². The third-order valence-corrected chi connectivity index (χ3v) is 3.35. The maximum Gasteiger partial charge on any atom is 0.136 e. The molecule has 0 amide bonds. The zero-order chi connectivity index (χ0) is 14.5. The van der Waals surface area contributed by atoms with E-state index in [9.17, 15) is 0 Å². The first-order valence-corrected chi connectivity index (χ1v) is 6.65. The lowest BCUT2D eigenvalue weighted by Crippen LogP contribution is -2.01. The predicted molar refractivity (Wildman–Crippen MR) is 81.5 cm³/mol. The molecule has 0 bridgehead atoms. The highest BCUT2D eigenvalue weighted by Gasteiger charge is 2.05. The monoisotopic (exact) mass is 306 g/mol. The van der Waals surface area contributed by atoms with Crippen LogP contribution in [0.3, 0.4) is 0 Å². The molecule has 1 N–H and O–H groups in total. The number of nitrogens with zero attached hydrogens (tertiary/aromatic N) is 1. The van der Waals surface area contributed by atoms with Gasteiger partial charge in [-0.15, -0.1) is 0 Å². The summed E-state index contributed by atoms with van der Waals surface area (Å²) in [5.41, 5.74) is 2.27. The van der Waals surface area contributed by atoms with Crippen molar-refractivity contribution in [2.24, 2.45) is 0 Å². The Hall–Kier alpha value is -1.89. The summed E-state index contributed by atoms with van der Waals surface area (Å²) < 4.78 is 5.11. The third kappa shape index (κ3) is 3.36. The number of rotatable bonds is 4. The van der Waals surface area contributed by atoms with Gasteiger partial charge in [0.25, 0.3) is 0 Å². The molecule has 0 fully saturated rings. The molecule has 2 aromatic rings. The van der Waals surface area contributed by atoms with Crippen LogP contribution in [0.5, 0.6) is 5.75 Å². The van der Waals surface area contributed by atoms with Crippen molar-refractivity contribution in [1.29, 1.82) is 5.26 Å². The van der Waals surface area contributed by atoms with Crippen LogP contribution >= 0.6 is 23.2 Å². The molecule has 0 aliphatic rings. The zero-order valence-corrected chi connectivity index (χ0v) is 12.3. The quantitative estimate of drug-likeness (QED) is 0.905. The molecule has 0 saturated carbocycles. The van der Waals surface area contributed by atoms with Gasteiger partial charge < -0.3 is 10.1 Å². The van der Waals surface area contributed by atoms with Crippen molar-refractivity contribution >= 4 is 28.9 Å². The Morgan fingerprint density at radius 3 is 2.65 bits per heavy atom. The molecular formula is C15H12Cl2N2O. The van der Waals surface area contributed by atoms with Gasteiger partial charge in [-0.3, -0.25) is 0 Å². The first-order chi connectivity index (χ1) is 9.63. The van der Waals surface area contributed by atoms with Crippen molar-refractivity contribution in [3.8, 4) is 11.8 Å². The van der Waals surface area contributed by atoms with E-state index in [1.54, 1.807) is 31.4 Å². The van der Waals surface area contributed by atoms with Gasteiger partial charge in [-0.05, 0) is 35.9 Å². The normalized spacial score (nSPS) is 9.90. The lowest BCUT2D eigenvalue weighted by atomic mass is 10.1. The summed E-state index contributed by atoms with van der Waals surface area (Å²) in [4.78, 5) is 0. The number of benzene rings is 2. The largest absolute Gasteiger partial charge is 0.495 e. The van der Waals surface area contributed by atoms with Gasteiger partial charge in [0.1, 0.15) is 11.8 Å². The van der Waals surface area contributed by atoms with Gasteiger partial charge in [0.15, 0.2) is 0 Å². The fourth-order valence-corrected chi connectivity index (χ4v) is 2.26. The Bertz CT molecular complexity index is 665. The molecule has 20 heavy (non-hydrogen) atoms. The van der Waals surface area contributed by atoms with Crippen molar-refractivity contribution in [2.75, 3.05) is 12.4 Å². The number of hydrogen-bond donors (Lipinski definition) is 1. The van der Waals surface area contributed by atoms with E-state index in [-0.39, 0.29) is 0 Å². The second-order valence-corrected chi connectivity index (χ2v) is 4.97. The van der Waals surface area contributed by atoms with E-state index in [0.717, 1.165) is 11.3 Å². The summed E-state index contributed by atoms with van der Waals surface area (Å²) in [6.07, 6.45) is 0. The number of halogens is 2. The molecule has 0 heterocycles. The Morgan fingerprint density at radius 2 is 2.00 bits per heavy atom. The van der Waals surface area contributed by atoms with Crippen molar-refractivity contribution in [1.82, 2.24) is 0 Å². The Kier molecular flexibility index (Phi) is 4.73. The highest BCUT2D eigenvalue weighted by Crippen LogP contribution is 2.26. The molecule has 2 rings (SSSR count). The van der Waals surface area contributed by atoms with Crippen LogP contribution in [-0.2, 0) is 6.54 Å². The fourth-order valence-electron chi connectivity index (χ4n) is 1.78. The smallest absolute Gasteiger partial charge is 0.136 e. The van der Waals surface area contributed by atoms with Crippen molar-refractivity contribution in [2.45, 2.75) is 6.54 Å². The van der Waals surface area contributed by atoms with E-state index >= 15 is 0 Å². The molecule has 3 nitrogen and oxygen atoms in total. The molecule has 0 atom stereocenters. The highest BCUT2D eigenvalue weighted by molar-refractivity contribution is 6.36. The van der Waals surface area contributed by atoms with Crippen LogP contribution in [0.2, 0.25) is 10.0 Å². The van der Waals surface area contributed by atoms with E-state index in [2.05, 4.69) is 11.4 Å². The van der Waals surface area contributed by atoms with Gasteiger partial charge in [-0.1, -0.05) is 29.3 Å². The summed E-state index contributed by atoms with van der Waals surface area (Å²) in [5, 5.41) is 13.4. The minimum absolute atomic E-state index is 0.508. The predicted octanol–water partition coefficient (Wildman–Crippen LogP) is 4.49. The van der Waals surface area contributed by atoms with Crippen molar-refractivity contribution in [3.63, 3.8) is 0 Å². The standard InChI is InChI=1S/C15H12Cl2N2O/c1-20-15-5-2-10(6-11(15)8-18)9-19-14-4-3-12(16)7-13(14)17/h2-7,19H,9H2,1H3. The lowest BCUT2D eigenvalue weighted by molar-refractivity contribution is 0.413. The van der Waals surface area contributed by atoms with Crippen LogP contribution in [0.25, 0.3) is 0 Å². The molecule has 0 unspecified atom stereocenters. The molecule has 0 saturated heterocycles. The third-order valence-electron chi connectivity index (χ3n) is 2.80. The van der Waals surface area contributed by atoms with E-state index in [1.165, 1.54) is 0 Å². The SMILES string of the molecule is COc1ccc(CNc2ccc(Cl)cc2Cl)cc1C#N. The number of anilines is 1. The maximum atomic E-state index is 9.05. The Labute approximate surface area is 127 Å². The number of nitriles is 1. The Balaban J connectivity index is 2.13. The van der Waals surface area contributed by atoms with Crippen molar-refractivity contribution < 1.29 is 4.74 Å². The van der Waals surface area contributed by atoms with E-state index < -0.39 is 0 Å². The average Bonchev–Trinajstić information content (AvgIpc) is 2.46. The average molecular weight is 307 g/mol. The van der Waals surface area contributed by atoms with E-state index in [4.69, 9.17) is 33.2 Å². The first-order valence-electron chi connectivity index (χ1n) is 5.90. The van der Waals surface area contributed by atoms with Gasteiger partial charge in [0.05, 0.1) is 23.4 Å². The molecular weight excluding hydrogens is 295 g/mol. The topological polar surface area (TPSA) is 45.0 Å². The second kappa shape index (κ2) is 6.51. The number of hydrogen-bond acceptors (Lipinski definition) is 3. The first kappa shape index (κ1) is 14.5. The molecule has 2 aromatic carbocycles. The van der Waals surface area contributed by atoms with Crippen LogP contribution < -0.4 is 10.1 Å². The Morgan fingerprint density at radius 1 is 1.20 bits per heavy atom. The second-order valence-electron chi connectivity index (χ2n) is 4.12. The van der Waals surface area contributed by atoms with Crippen molar-refractivity contribution in [3.05, 3.63) is 57.6 Å². The summed E-state index contributed by atoms with van der Waals surface area (Å²) in [6, 6.07) is 12.8. The molecule has 0 radical (unpaired) electrons. The fraction of sp³-hybridized carbons (Fsp3) is 0.133. The molecule has 0 spiro atoms. The van der Waals surface area contributed by atoms with Crippen LogP contribution in [0.4, 0.5) is 5.69 Å². The summed E-state index contributed by atoms with van der Waals surface area (Å²) >= 11 is 11.9. The molecule has 0 aliphatic heterocycles. The number of ether oxygens (including phenoxy) is 1. The van der Waals surface area contributed by atoms with E-state index in [1.807, 2.05) is 12.1 Å². The van der Waals surface area contributed by atoms with Gasteiger partial charge in [0.2, 0.25) is 0 Å². The van der Waals surface area contributed by atoms with Gasteiger partial charge in [0, 0.05) is 11.6 Å². The molecule has 0 aromatic heterocycles. The van der Waals surface area contributed by atoms with Gasteiger partial charge >= 0.3 is 0 Å². The molecule has 5 heteroatoms. The highest BCUT2D eigenvalue weighted by atomic mass is 35.5. The van der Waals surface area contributed by atoms with Crippen LogP contribution in [-0.4, -0.2) is 7.11 Å². The summed E-state index contributed by atoms with van der Waals surface area (Å²) in [6.45, 7) is 0.556. The number of methoxy groups -OCH3 is 1. The number of nitrogens with one attached hydrogen (secondary N) is 1. The minimum atomic E-state index is 0.508. The minimum Gasteiger partial charge on any atom is -0.495 e. The van der Waals surface area contributed by atoms with E-state index in [0.29, 0.717) is 27.9 Å². The van der Waals surface area contributed by atoms with Gasteiger partial charge in [-0.2, -0.15) is 5.26 Å².